The second-order valence-corrected chi connectivity index (χ2v) is 6.00. The van der Waals surface area contributed by atoms with Gasteiger partial charge >= 0.3 is 0 Å². The van der Waals surface area contributed by atoms with Crippen molar-refractivity contribution in [3.8, 4) is 17.2 Å². The van der Waals surface area contributed by atoms with Crippen LogP contribution in [0.2, 0.25) is 0 Å². The second kappa shape index (κ2) is 9.02. The number of nitrogens with two attached hydrogens (primary N) is 1. The molecule has 0 amide bonds. The van der Waals surface area contributed by atoms with E-state index in [-0.39, 0.29) is 12.3 Å². The molecule has 1 atom stereocenters. The molecule has 3 N–H and O–H groups in total. The first-order chi connectivity index (χ1) is 14.0. The zero-order valence-corrected chi connectivity index (χ0v) is 16.0. The number of hydrogen-bond donors (Lipinski definition) is 2. The molecule has 3 rings (SSSR count). The quantitative estimate of drug-likeness (QED) is 0.414. The summed E-state index contributed by atoms with van der Waals surface area (Å²) in [4.78, 5) is 14.6. The Bertz CT molecular complexity index is 973. The lowest BCUT2D eigenvalue weighted by Gasteiger charge is -2.13. The number of non-ortho nitro benzene ring substituents is 1. The van der Waals surface area contributed by atoms with E-state index in [9.17, 15) is 10.1 Å². The van der Waals surface area contributed by atoms with Gasteiger partial charge in [0.05, 0.1) is 24.7 Å². The van der Waals surface area contributed by atoms with E-state index >= 15 is 0 Å². The van der Waals surface area contributed by atoms with Gasteiger partial charge in [-0.05, 0) is 36.8 Å². The molecule has 2 aromatic carbocycles. The number of nitrogens with one attached hydrogen (secondary N) is 1. The van der Waals surface area contributed by atoms with E-state index in [2.05, 4.69) is 15.2 Å². The maximum atomic E-state index is 10.7. The number of benzene rings is 2. The summed E-state index contributed by atoms with van der Waals surface area (Å²) in [5.41, 5.74) is 7.05. The molecule has 0 radical (unpaired) electrons. The molecule has 0 saturated carbocycles. The summed E-state index contributed by atoms with van der Waals surface area (Å²) in [6.07, 6.45) is 0. The fraction of sp³-hybridized carbons (Fsp3) is 0.263. The smallest absolute Gasteiger partial charge is 0.269 e. The van der Waals surface area contributed by atoms with E-state index in [0.29, 0.717) is 35.5 Å². The minimum Gasteiger partial charge on any atom is -0.493 e. The summed E-state index contributed by atoms with van der Waals surface area (Å²) in [5.74, 6) is 2.58. The van der Waals surface area contributed by atoms with Crippen LogP contribution in [-0.2, 0) is 6.61 Å². The van der Waals surface area contributed by atoms with Crippen LogP contribution < -0.4 is 19.9 Å². The molecule has 0 aliphatic rings. The van der Waals surface area contributed by atoms with Gasteiger partial charge in [0.1, 0.15) is 12.4 Å². The van der Waals surface area contributed by atoms with E-state index in [1.165, 1.54) is 24.3 Å². The van der Waals surface area contributed by atoms with Crippen molar-refractivity contribution in [2.24, 2.45) is 5.73 Å². The van der Waals surface area contributed by atoms with Gasteiger partial charge in [-0.2, -0.15) is 5.10 Å². The lowest BCUT2D eigenvalue weighted by atomic mass is 10.1. The molecule has 0 unspecified atom stereocenters. The Balaban J connectivity index is 1.66. The minimum absolute atomic E-state index is 0.00365. The van der Waals surface area contributed by atoms with E-state index in [1.807, 2.05) is 13.0 Å². The van der Waals surface area contributed by atoms with Gasteiger partial charge in [0.2, 0.25) is 0 Å². The minimum atomic E-state index is -0.566. The van der Waals surface area contributed by atoms with Crippen LogP contribution in [0.25, 0.3) is 0 Å². The molecular formula is C19H21N5O5. The van der Waals surface area contributed by atoms with Crippen LogP contribution in [0.4, 0.5) is 5.69 Å². The molecule has 152 valence electrons. The van der Waals surface area contributed by atoms with E-state index in [4.69, 9.17) is 19.9 Å². The van der Waals surface area contributed by atoms with Crippen molar-refractivity contribution >= 4 is 5.69 Å². The number of ether oxygens (including phenoxy) is 3. The lowest BCUT2D eigenvalue weighted by molar-refractivity contribution is -0.384. The van der Waals surface area contributed by atoms with Crippen molar-refractivity contribution in [2.45, 2.75) is 19.6 Å². The van der Waals surface area contributed by atoms with E-state index in [0.717, 1.165) is 5.56 Å². The fourth-order valence-corrected chi connectivity index (χ4v) is 2.63. The van der Waals surface area contributed by atoms with Gasteiger partial charge in [0.15, 0.2) is 23.1 Å². The Morgan fingerprint density at radius 1 is 1.17 bits per heavy atom. The first-order valence-corrected chi connectivity index (χ1v) is 8.86. The number of rotatable bonds is 9. The molecule has 1 heterocycles. The highest BCUT2D eigenvalue weighted by Crippen LogP contribution is 2.31. The van der Waals surface area contributed by atoms with Gasteiger partial charge < -0.3 is 19.9 Å². The molecule has 1 aromatic heterocycles. The maximum absolute atomic E-state index is 10.7. The Morgan fingerprint density at radius 2 is 1.93 bits per heavy atom. The Kier molecular flexibility index (Phi) is 6.25. The summed E-state index contributed by atoms with van der Waals surface area (Å²) >= 11 is 0. The van der Waals surface area contributed by atoms with Crippen molar-refractivity contribution < 1.29 is 19.1 Å². The number of nitro groups is 1. The lowest BCUT2D eigenvalue weighted by Crippen LogP contribution is -2.14. The molecule has 10 heteroatoms. The average Bonchev–Trinajstić information content (AvgIpc) is 3.21. The van der Waals surface area contributed by atoms with Crippen LogP contribution in [0.1, 0.15) is 30.2 Å². The van der Waals surface area contributed by atoms with Crippen molar-refractivity contribution in [1.29, 1.82) is 0 Å². The van der Waals surface area contributed by atoms with Crippen LogP contribution in [0.15, 0.2) is 42.5 Å². The summed E-state index contributed by atoms with van der Waals surface area (Å²) in [6.45, 7) is 2.54. The molecule has 0 saturated heterocycles. The first kappa shape index (κ1) is 20.1. The van der Waals surface area contributed by atoms with Crippen molar-refractivity contribution in [3.05, 3.63) is 69.8 Å². The fourth-order valence-electron chi connectivity index (χ4n) is 2.63. The molecule has 29 heavy (non-hydrogen) atoms. The molecule has 10 nitrogen and oxygen atoms in total. The predicted molar refractivity (Wildman–Crippen MR) is 104 cm³/mol. The van der Waals surface area contributed by atoms with Crippen molar-refractivity contribution in [2.75, 3.05) is 13.7 Å². The summed E-state index contributed by atoms with van der Waals surface area (Å²) in [5, 5.41) is 17.6. The van der Waals surface area contributed by atoms with Gasteiger partial charge in [-0.1, -0.05) is 6.07 Å². The largest absolute Gasteiger partial charge is 0.493 e. The highest BCUT2D eigenvalue weighted by molar-refractivity contribution is 5.44. The zero-order chi connectivity index (χ0) is 20.8. The van der Waals surface area contributed by atoms with E-state index < -0.39 is 11.0 Å². The highest BCUT2D eigenvalue weighted by Gasteiger charge is 2.17. The summed E-state index contributed by atoms with van der Waals surface area (Å²) in [6, 6.07) is 10.6. The molecule has 0 aliphatic heterocycles. The van der Waals surface area contributed by atoms with Crippen molar-refractivity contribution in [3.63, 3.8) is 0 Å². The van der Waals surface area contributed by atoms with Gasteiger partial charge in [-0.3, -0.25) is 15.2 Å². The van der Waals surface area contributed by atoms with Gasteiger partial charge in [0.25, 0.3) is 5.69 Å². The normalized spacial score (nSPS) is 11.7. The van der Waals surface area contributed by atoms with Gasteiger partial charge in [-0.15, -0.1) is 0 Å². The van der Waals surface area contributed by atoms with Crippen LogP contribution in [-0.4, -0.2) is 33.8 Å². The molecule has 0 spiro atoms. The van der Waals surface area contributed by atoms with Crippen molar-refractivity contribution in [1.82, 2.24) is 15.2 Å². The van der Waals surface area contributed by atoms with Crippen LogP contribution in [0, 0.1) is 10.1 Å². The number of nitro benzene ring substituents is 1. The van der Waals surface area contributed by atoms with E-state index in [1.54, 1.807) is 19.2 Å². The van der Waals surface area contributed by atoms with Crippen LogP contribution >= 0.6 is 0 Å². The third kappa shape index (κ3) is 4.79. The molecule has 0 bridgehead atoms. The number of methoxy groups -OCH3 is 1. The number of nitrogens with zero attached hydrogens (tertiary/aromatic N) is 3. The number of aromatic amines is 1. The van der Waals surface area contributed by atoms with Gasteiger partial charge in [0, 0.05) is 12.1 Å². The monoisotopic (exact) mass is 399 g/mol. The Hall–Kier alpha value is -3.66. The Morgan fingerprint density at radius 3 is 2.59 bits per heavy atom. The second-order valence-electron chi connectivity index (χ2n) is 6.00. The molecule has 0 aliphatic carbocycles. The van der Waals surface area contributed by atoms with Crippen LogP contribution in [0.3, 0.4) is 0 Å². The summed E-state index contributed by atoms with van der Waals surface area (Å²) in [7, 11) is 1.56. The molecule has 3 aromatic rings. The zero-order valence-electron chi connectivity index (χ0n) is 16.0. The average molecular weight is 399 g/mol. The number of aromatic nitrogens is 3. The van der Waals surface area contributed by atoms with Gasteiger partial charge in [-0.25, -0.2) is 4.98 Å². The number of H-pyrrole nitrogens is 1. The maximum Gasteiger partial charge on any atom is 0.269 e. The summed E-state index contributed by atoms with van der Waals surface area (Å²) < 4.78 is 16.4. The Labute approximate surface area is 166 Å². The molecule has 0 fully saturated rings. The predicted octanol–water partition coefficient (Wildman–Crippen LogP) is 2.75. The molecular weight excluding hydrogens is 378 g/mol. The van der Waals surface area contributed by atoms with Crippen LogP contribution in [0.5, 0.6) is 17.2 Å². The first-order valence-electron chi connectivity index (χ1n) is 8.86. The SMILES string of the molecule is CCOc1ccc([C@@H](N)c2n[nH]c(COc3ccc([N+](=O)[O-])cc3)n2)cc1OC. The standard InChI is InChI=1S/C19H21N5O5/c1-3-28-15-9-4-12(10-16(15)27-2)18(20)19-21-17(22-23-19)11-29-14-7-5-13(6-8-14)24(25)26/h4-10,18H,3,11,20H2,1-2H3,(H,21,22,23)/t18-/m1/s1. The third-order valence-corrected chi connectivity index (χ3v) is 4.10. The number of hydrogen-bond acceptors (Lipinski definition) is 8. The third-order valence-electron chi connectivity index (χ3n) is 4.10. The highest BCUT2D eigenvalue weighted by atomic mass is 16.6. The topological polar surface area (TPSA) is 138 Å².